The Kier molecular flexibility index (Phi) is 2.92. The van der Waals surface area contributed by atoms with E-state index in [0.717, 1.165) is 30.8 Å². The monoisotopic (exact) mass is 273 g/mol. The minimum Gasteiger partial charge on any atom is -0.313 e. The van der Waals surface area contributed by atoms with Gasteiger partial charge in [-0.2, -0.15) is 0 Å². The van der Waals surface area contributed by atoms with Gasteiger partial charge < -0.3 is 5.32 Å². The summed E-state index contributed by atoms with van der Waals surface area (Å²) in [5.74, 6) is 1.87. The molecule has 4 rings (SSSR count). The average molecular weight is 273 g/mol. The van der Waals surface area contributed by atoms with Crippen LogP contribution in [0.5, 0.6) is 0 Å². The molecule has 0 heterocycles. The third-order valence-corrected chi connectivity index (χ3v) is 5.68. The van der Waals surface area contributed by atoms with Crippen molar-refractivity contribution in [3.8, 4) is 0 Å². The zero-order chi connectivity index (χ0) is 13.7. The molecule has 3 saturated carbocycles. The first kappa shape index (κ1) is 12.8. The van der Waals surface area contributed by atoms with E-state index in [9.17, 15) is 4.39 Å². The molecule has 1 aromatic carbocycles. The van der Waals surface area contributed by atoms with E-state index in [2.05, 4.69) is 12.2 Å². The maximum Gasteiger partial charge on any atom is 0.123 e. The summed E-state index contributed by atoms with van der Waals surface area (Å²) in [7, 11) is 0. The van der Waals surface area contributed by atoms with Crippen molar-refractivity contribution in [1.29, 1.82) is 0 Å². The number of hydrogen-bond acceptors (Lipinski definition) is 1. The smallest absolute Gasteiger partial charge is 0.123 e. The number of benzene rings is 1. The van der Waals surface area contributed by atoms with Gasteiger partial charge in [0.15, 0.2) is 0 Å². The molecule has 0 aliphatic heterocycles. The number of halogens is 1. The van der Waals surface area contributed by atoms with E-state index in [1.165, 1.54) is 43.2 Å². The molecule has 2 heteroatoms. The molecule has 2 atom stereocenters. The molecule has 108 valence electrons. The number of fused-ring (bicyclic) bond motifs is 1. The van der Waals surface area contributed by atoms with Crippen LogP contribution in [0.15, 0.2) is 18.2 Å². The normalized spacial score (nSPS) is 35.1. The highest BCUT2D eigenvalue weighted by molar-refractivity contribution is 5.28. The molecule has 0 bridgehead atoms. The summed E-state index contributed by atoms with van der Waals surface area (Å²) < 4.78 is 13.5. The van der Waals surface area contributed by atoms with Crippen LogP contribution in [0.1, 0.15) is 43.2 Å². The van der Waals surface area contributed by atoms with Crippen LogP contribution in [0.25, 0.3) is 0 Å². The fraction of sp³-hybridized carbons (Fsp3) is 0.667. The lowest BCUT2D eigenvalue weighted by Gasteiger charge is -2.32. The maximum absolute atomic E-state index is 13.5. The van der Waals surface area contributed by atoms with Gasteiger partial charge in [0.25, 0.3) is 0 Å². The topological polar surface area (TPSA) is 12.0 Å². The van der Waals surface area contributed by atoms with Crippen molar-refractivity contribution in [2.75, 3.05) is 6.54 Å². The van der Waals surface area contributed by atoms with Crippen LogP contribution >= 0.6 is 0 Å². The first-order valence-corrected chi connectivity index (χ1v) is 8.12. The number of nitrogens with one attached hydrogen (secondary N) is 1. The molecule has 0 aromatic heterocycles. The molecule has 0 radical (unpaired) electrons. The van der Waals surface area contributed by atoms with Crippen molar-refractivity contribution < 1.29 is 4.39 Å². The second-order valence-corrected chi connectivity index (χ2v) is 7.57. The molecule has 1 N–H and O–H groups in total. The van der Waals surface area contributed by atoms with Crippen LogP contribution < -0.4 is 5.32 Å². The lowest BCUT2D eigenvalue weighted by molar-refractivity contribution is 0.247. The third-order valence-electron chi connectivity index (χ3n) is 5.68. The van der Waals surface area contributed by atoms with E-state index in [0.29, 0.717) is 5.41 Å². The maximum atomic E-state index is 13.5. The highest BCUT2D eigenvalue weighted by atomic mass is 19.1. The Balaban J connectivity index is 1.53. The van der Waals surface area contributed by atoms with Crippen LogP contribution in [-0.2, 0) is 6.42 Å². The van der Waals surface area contributed by atoms with Crippen molar-refractivity contribution in [3.05, 3.63) is 35.1 Å². The Bertz CT molecular complexity index is 510. The van der Waals surface area contributed by atoms with Gasteiger partial charge >= 0.3 is 0 Å². The van der Waals surface area contributed by atoms with Crippen molar-refractivity contribution in [3.63, 3.8) is 0 Å². The summed E-state index contributed by atoms with van der Waals surface area (Å²) in [6.07, 6.45) is 7.92. The Hall–Kier alpha value is -0.890. The second kappa shape index (κ2) is 4.56. The molecule has 0 amide bonds. The average Bonchev–Trinajstić information content (AvgIpc) is 3.33. The quantitative estimate of drug-likeness (QED) is 0.859. The van der Waals surface area contributed by atoms with Crippen molar-refractivity contribution in [2.45, 2.75) is 51.5 Å². The minimum absolute atomic E-state index is 0.0842. The molecular weight excluding hydrogens is 249 g/mol. The highest BCUT2D eigenvalue weighted by Gasteiger charge is 2.53. The van der Waals surface area contributed by atoms with Gasteiger partial charge in [-0.15, -0.1) is 0 Å². The molecule has 3 fully saturated rings. The van der Waals surface area contributed by atoms with Gasteiger partial charge in [0.1, 0.15) is 5.82 Å². The van der Waals surface area contributed by atoms with Gasteiger partial charge in [0.05, 0.1) is 0 Å². The van der Waals surface area contributed by atoms with Crippen LogP contribution in [-0.4, -0.2) is 12.6 Å². The lowest BCUT2D eigenvalue weighted by atomic mass is 9.76. The van der Waals surface area contributed by atoms with E-state index in [1.54, 1.807) is 12.1 Å². The second-order valence-electron chi connectivity index (χ2n) is 7.57. The molecule has 0 spiro atoms. The molecular formula is C18H24FN. The third kappa shape index (κ3) is 2.50. The lowest BCUT2D eigenvalue weighted by Crippen LogP contribution is -2.36. The van der Waals surface area contributed by atoms with E-state index in [1.807, 2.05) is 6.07 Å². The van der Waals surface area contributed by atoms with Gasteiger partial charge in [-0.05, 0) is 86.0 Å². The van der Waals surface area contributed by atoms with E-state index >= 15 is 0 Å². The Morgan fingerprint density at radius 2 is 2.00 bits per heavy atom. The minimum atomic E-state index is -0.0842. The van der Waals surface area contributed by atoms with Crippen molar-refractivity contribution in [2.24, 2.45) is 17.3 Å². The van der Waals surface area contributed by atoms with Gasteiger partial charge in [0.2, 0.25) is 0 Å². The molecule has 3 aliphatic rings. The van der Waals surface area contributed by atoms with Crippen molar-refractivity contribution >= 4 is 0 Å². The predicted octanol–water partition coefficient (Wildman–Crippen LogP) is 3.84. The zero-order valence-electron chi connectivity index (χ0n) is 12.3. The summed E-state index contributed by atoms with van der Waals surface area (Å²) in [6, 6.07) is 6.05. The Labute approximate surface area is 121 Å². The van der Waals surface area contributed by atoms with Gasteiger partial charge in [-0.25, -0.2) is 4.39 Å². The number of rotatable bonds is 5. The summed E-state index contributed by atoms with van der Waals surface area (Å²) >= 11 is 0. The van der Waals surface area contributed by atoms with Crippen molar-refractivity contribution in [1.82, 2.24) is 5.32 Å². The zero-order valence-corrected chi connectivity index (χ0v) is 12.3. The van der Waals surface area contributed by atoms with Gasteiger partial charge in [0, 0.05) is 12.6 Å². The molecule has 0 saturated heterocycles. The van der Waals surface area contributed by atoms with Crippen LogP contribution in [0.4, 0.5) is 4.39 Å². The fourth-order valence-electron chi connectivity index (χ4n) is 4.24. The van der Waals surface area contributed by atoms with Crippen LogP contribution in [0, 0.1) is 30.0 Å². The standard InChI is InChI=1S/C18H24FN/c1-12-2-3-16(19)7-13(12)8-18(11-20-17-4-5-17)9-14-6-15(14)10-18/h2-3,7,14-15,17,20H,4-6,8-11H2,1H3. The van der Waals surface area contributed by atoms with Crippen LogP contribution in [0.2, 0.25) is 0 Å². The molecule has 1 aromatic rings. The number of aryl methyl sites for hydroxylation is 1. The van der Waals surface area contributed by atoms with Crippen LogP contribution in [0.3, 0.4) is 0 Å². The van der Waals surface area contributed by atoms with E-state index in [-0.39, 0.29) is 5.82 Å². The molecule has 1 nitrogen and oxygen atoms in total. The first-order valence-electron chi connectivity index (χ1n) is 8.12. The molecule has 2 unspecified atom stereocenters. The van der Waals surface area contributed by atoms with E-state index < -0.39 is 0 Å². The molecule has 20 heavy (non-hydrogen) atoms. The summed E-state index contributed by atoms with van der Waals surface area (Å²) in [4.78, 5) is 0. The predicted molar refractivity (Wildman–Crippen MR) is 79.1 cm³/mol. The molecule has 3 aliphatic carbocycles. The Morgan fingerprint density at radius 3 is 2.70 bits per heavy atom. The number of hydrogen-bond donors (Lipinski definition) is 1. The fourth-order valence-corrected chi connectivity index (χ4v) is 4.24. The SMILES string of the molecule is Cc1ccc(F)cc1CC1(CNC2CC2)CC2CC2C1. The summed E-state index contributed by atoms with van der Waals surface area (Å²) in [5.41, 5.74) is 2.87. The summed E-state index contributed by atoms with van der Waals surface area (Å²) in [5, 5.41) is 3.74. The highest BCUT2D eigenvalue weighted by Crippen LogP contribution is 2.60. The Morgan fingerprint density at radius 1 is 1.25 bits per heavy atom. The largest absolute Gasteiger partial charge is 0.313 e. The summed E-state index contributed by atoms with van der Waals surface area (Å²) in [6.45, 7) is 3.26. The van der Waals surface area contributed by atoms with Gasteiger partial charge in [-0.1, -0.05) is 6.07 Å². The van der Waals surface area contributed by atoms with Gasteiger partial charge in [-0.3, -0.25) is 0 Å². The first-order chi connectivity index (χ1) is 9.63. The van der Waals surface area contributed by atoms with E-state index in [4.69, 9.17) is 0 Å².